The van der Waals surface area contributed by atoms with E-state index in [0.29, 0.717) is 37.8 Å². The van der Waals surface area contributed by atoms with Gasteiger partial charge < -0.3 is 29.7 Å². The quantitative estimate of drug-likeness (QED) is 0.513. The van der Waals surface area contributed by atoms with Gasteiger partial charge in [-0.1, -0.05) is 24.3 Å². The topological polar surface area (TPSA) is 87.2 Å². The summed E-state index contributed by atoms with van der Waals surface area (Å²) >= 11 is 0. The summed E-state index contributed by atoms with van der Waals surface area (Å²) in [7, 11) is 0. The molecule has 3 unspecified atom stereocenters. The number of carbonyl (C=O) groups is 1. The molecule has 2 N–H and O–H groups in total. The maximum Gasteiger partial charge on any atom is 0.225 e. The first kappa shape index (κ1) is 24.0. The van der Waals surface area contributed by atoms with E-state index in [2.05, 4.69) is 27.2 Å². The molecular weight excluding hydrogens is 468 g/mol. The normalized spacial score (nSPS) is 21.2. The van der Waals surface area contributed by atoms with Gasteiger partial charge in [0.2, 0.25) is 5.91 Å². The van der Waals surface area contributed by atoms with Gasteiger partial charge in [-0.25, -0.2) is 4.98 Å². The molecule has 8 nitrogen and oxygen atoms in total. The molecule has 2 fully saturated rings. The fraction of sp³-hybridized carbons (Fsp3) is 0.448. The summed E-state index contributed by atoms with van der Waals surface area (Å²) in [5.41, 5.74) is 1.68. The highest BCUT2D eigenvalue weighted by Crippen LogP contribution is 2.34. The molecule has 2 saturated heterocycles. The van der Waals surface area contributed by atoms with Gasteiger partial charge in [-0.3, -0.25) is 4.79 Å². The number of fused-ring (bicyclic) bond motifs is 2. The number of aliphatic hydroxyl groups excluding tert-OH is 1. The van der Waals surface area contributed by atoms with Gasteiger partial charge in [0, 0.05) is 25.0 Å². The van der Waals surface area contributed by atoms with E-state index in [-0.39, 0.29) is 11.8 Å². The molecule has 194 valence electrons. The van der Waals surface area contributed by atoms with Crippen LogP contribution in [-0.4, -0.2) is 72.9 Å². The summed E-state index contributed by atoms with van der Waals surface area (Å²) < 4.78 is 11.4. The second-order valence-electron chi connectivity index (χ2n) is 10.3. The Kier molecular flexibility index (Phi) is 6.85. The van der Waals surface area contributed by atoms with Gasteiger partial charge >= 0.3 is 0 Å². The first-order chi connectivity index (χ1) is 18.1. The van der Waals surface area contributed by atoms with E-state index in [1.807, 2.05) is 42.5 Å². The monoisotopic (exact) mass is 502 g/mol. The van der Waals surface area contributed by atoms with Crippen LogP contribution < -0.4 is 19.7 Å². The van der Waals surface area contributed by atoms with Gasteiger partial charge in [0.05, 0.1) is 17.5 Å². The van der Waals surface area contributed by atoms with Gasteiger partial charge in [0.1, 0.15) is 25.1 Å². The van der Waals surface area contributed by atoms with Gasteiger partial charge in [-0.05, 0) is 68.2 Å². The van der Waals surface area contributed by atoms with Crippen molar-refractivity contribution in [1.29, 1.82) is 0 Å². The number of carbonyl (C=O) groups excluding carboxylic acids is 1. The standard InChI is InChI=1S/C29H34N4O4/c34-28(21-7-9-25-26(17-21)37-16-15-36-25)24(19-32-12-3-4-13-32)31-29(35)22-11-14-33(18-22)27-10-8-20-5-1-2-6-23(20)30-27/h1-2,5-10,17,22,24,28,34H,3-4,11-16,18-19H2,(H,31,35). The average Bonchev–Trinajstić information content (AvgIpc) is 3.64. The fourth-order valence-corrected chi connectivity index (χ4v) is 5.66. The molecule has 0 spiro atoms. The van der Waals surface area contributed by atoms with E-state index in [0.717, 1.165) is 61.2 Å². The smallest absolute Gasteiger partial charge is 0.225 e. The van der Waals surface area contributed by atoms with Crippen molar-refractivity contribution in [3.8, 4) is 11.5 Å². The molecule has 6 rings (SSSR count). The molecule has 3 aromatic rings. The van der Waals surface area contributed by atoms with Crippen molar-refractivity contribution in [1.82, 2.24) is 15.2 Å². The van der Waals surface area contributed by atoms with Gasteiger partial charge in [-0.2, -0.15) is 0 Å². The van der Waals surface area contributed by atoms with Gasteiger partial charge in [-0.15, -0.1) is 0 Å². The number of aromatic nitrogens is 1. The Morgan fingerprint density at radius 1 is 1.03 bits per heavy atom. The summed E-state index contributed by atoms with van der Waals surface area (Å²) in [5.74, 6) is 2.07. The molecule has 3 aliphatic rings. The van der Waals surface area contributed by atoms with E-state index >= 15 is 0 Å². The van der Waals surface area contributed by atoms with Crippen LogP contribution in [0.1, 0.15) is 30.9 Å². The summed E-state index contributed by atoms with van der Waals surface area (Å²) in [6, 6.07) is 17.3. The number of benzene rings is 2. The number of pyridine rings is 1. The van der Waals surface area contributed by atoms with Crippen LogP contribution in [0, 0.1) is 5.92 Å². The Hall–Kier alpha value is -3.36. The molecule has 0 aliphatic carbocycles. The first-order valence-electron chi connectivity index (χ1n) is 13.4. The van der Waals surface area contributed by atoms with E-state index in [1.54, 1.807) is 0 Å². The average molecular weight is 503 g/mol. The van der Waals surface area contributed by atoms with Crippen LogP contribution in [0.3, 0.4) is 0 Å². The fourth-order valence-electron chi connectivity index (χ4n) is 5.66. The van der Waals surface area contributed by atoms with Crippen molar-refractivity contribution < 1.29 is 19.4 Å². The maximum absolute atomic E-state index is 13.5. The third-order valence-electron chi connectivity index (χ3n) is 7.74. The predicted molar refractivity (Wildman–Crippen MR) is 142 cm³/mol. The van der Waals surface area contributed by atoms with Crippen LogP contribution >= 0.6 is 0 Å². The second-order valence-corrected chi connectivity index (χ2v) is 10.3. The lowest BCUT2D eigenvalue weighted by Crippen LogP contribution is -2.48. The molecule has 4 heterocycles. The van der Waals surface area contributed by atoms with Crippen molar-refractivity contribution in [2.45, 2.75) is 31.4 Å². The highest BCUT2D eigenvalue weighted by Gasteiger charge is 2.33. The third kappa shape index (κ3) is 5.22. The lowest BCUT2D eigenvalue weighted by atomic mass is 9.99. The summed E-state index contributed by atoms with van der Waals surface area (Å²) in [6.07, 6.45) is 2.21. The molecule has 0 saturated carbocycles. The first-order valence-corrected chi connectivity index (χ1v) is 13.4. The lowest BCUT2D eigenvalue weighted by molar-refractivity contribution is -0.126. The van der Waals surface area contributed by atoms with Gasteiger partial charge in [0.15, 0.2) is 11.5 Å². The Morgan fingerprint density at radius 3 is 2.70 bits per heavy atom. The Bertz CT molecular complexity index is 1260. The van der Waals surface area contributed by atoms with E-state index in [9.17, 15) is 9.90 Å². The van der Waals surface area contributed by atoms with Crippen molar-refractivity contribution >= 4 is 22.6 Å². The molecule has 1 amide bonds. The highest BCUT2D eigenvalue weighted by atomic mass is 16.6. The van der Waals surface area contributed by atoms with Crippen LogP contribution in [-0.2, 0) is 4.79 Å². The summed E-state index contributed by atoms with van der Waals surface area (Å²) in [4.78, 5) is 22.8. The Balaban J connectivity index is 1.15. The van der Waals surface area contributed by atoms with Gasteiger partial charge in [0.25, 0.3) is 0 Å². The van der Waals surface area contributed by atoms with Crippen molar-refractivity contribution in [3.63, 3.8) is 0 Å². The molecule has 3 aliphatic heterocycles. The van der Waals surface area contributed by atoms with Crippen molar-refractivity contribution in [2.75, 3.05) is 50.8 Å². The van der Waals surface area contributed by atoms with Crippen molar-refractivity contribution in [2.24, 2.45) is 5.92 Å². The lowest BCUT2D eigenvalue weighted by Gasteiger charge is -2.30. The molecule has 2 aromatic carbocycles. The van der Waals surface area contributed by atoms with E-state index in [4.69, 9.17) is 14.5 Å². The minimum Gasteiger partial charge on any atom is -0.486 e. The zero-order valence-corrected chi connectivity index (χ0v) is 21.0. The number of hydrogen-bond acceptors (Lipinski definition) is 7. The molecule has 8 heteroatoms. The van der Waals surface area contributed by atoms with Crippen LogP contribution in [0.5, 0.6) is 11.5 Å². The highest BCUT2D eigenvalue weighted by molar-refractivity contribution is 5.82. The molecule has 0 radical (unpaired) electrons. The summed E-state index contributed by atoms with van der Waals surface area (Å²) in [5, 5.41) is 15.7. The van der Waals surface area contributed by atoms with E-state index < -0.39 is 12.1 Å². The number of nitrogens with one attached hydrogen (secondary N) is 1. The minimum atomic E-state index is -0.847. The number of hydrogen-bond donors (Lipinski definition) is 2. The zero-order valence-electron chi connectivity index (χ0n) is 21.0. The van der Waals surface area contributed by atoms with Crippen LogP contribution in [0.2, 0.25) is 0 Å². The predicted octanol–water partition coefficient (Wildman–Crippen LogP) is 3.15. The zero-order chi connectivity index (χ0) is 25.2. The van der Waals surface area contributed by atoms with Crippen LogP contribution in [0.4, 0.5) is 5.82 Å². The molecule has 37 heavy (non-hydrogen) atoms. The SMILES string of the molecule is O=C(NC(CN1CCCC1)C(O)c1ccc2c(c1)OCCO2)C1CCN(c2ccc3ccccc3n2)C1. The van der Waals surface area contributed by atoms with Crippen LogP contribution in [0.15, 0.2) is 54.6 Å². The molecular formula is C29H34N4O4. The number of anilines is 1. The number of aliphatic hydroxyl groups is 1. The second kappa shape index (κ2) is 10.6. The third-order valence-corrected chi connectivity index (χ3v) is 7.74. The largest absolute Gasteiger partial charge is 0.486 e. The number of para-hydroxylation sites is 1. The number of ether oxygens (including phenoxy) is 2. The Morgan fingerprint density at radius 2 is 1.84 bits per heavy atom. The number of amides is 1. The molecule has 3 atom stereocenters. The number of likely N-dealkylation sites (tertiary alicyclic amines) is 1. The number of rotatable bonds is 7. The van der Waals surface area contributed by atoms with Crippen molar-refractivity contribution in [3.05, 3.63) is 60.2 Å². The minimum absolute atomic E-state index is 0.0101. The van der Waals surface area contributed by atoms with E-state index in [1.165, 1.54) is 0 Å². The molecule has 0 bridgehead atoms. The van der Waals surface area contributed by atoms with Crippen LogP contribution in [0.25, 0.3) is 10.9 Å². The molecule has 1 aromatic heterocycles. The summed E-state index contributed by atoms with van der Waals surface area (Å²) in [6.45, 7) is 5.01. The maximum atomic E-state index is 13.5. The number of nitrogens with zero attached hydrogens (tertiary/aromatic N) is 3. The Labute approximate surface area is 217 Å².